The molecule has 0 unspecified atom stereocenters. The number of rotatable bonds is 5. The first-order valence-corrected chi connectivity index (χ1v) is 5.50. The molecular weight excluding hydrogens is 218 g/mol. The van der Waals surface area contributed by atoms with Crippen molar-refractivity contribution >= 4 is 11.8 Å². The highest BCUT2D eigenvalue weighted by atomic mass is 16.5. The lowest BCUT2D eigenvalue weighted by Gasteiger charge is -2.08. The quantitative estimate of drug-likeness (QED) is 0.794. The number of carbonyl (C=O) groups is 1. The van der Waals surface area contributed by atoms with Gasteiger partial charge in [0.2, 0.25) is 0 Å². The SMILES string of the molecule is C=CCOC(=O)Nc1c[c]cc(OC2CC2)c1. The van der Waals surface area contributed by atoms with Gasteiger partial charge in [0.05, 0.1) is 6.10 Å². The second-order valence-electron chi connectivity index (χ2n) is 3.79. The second kappa shape index (κ2) is 5.39. The standard InChI is InChI=1S/C13H14NO3/c1-2-8-16-13(15)14-10-4-3-5-12(9-10)17-11-6-7-11/h2,4-5,9,11H,1,6-8H2,(H,14,15). The van der Waals surface area contributed by atoms with E-state index in [9.17, 15) is 4.79 Å². The summed E-state index contributed by atoms with van der Waals surface area (Å²) in [6.07, 6.45) is 3.52. The van der Waals surface area contributed by atoms with Crippen LogP contribution in [0.15, 0.2) is 30.9 Å². The Morgan fingerprint density at radius 3 is 3.12 bits per heavy atom. The summed E-state index contributed by atoms with van der Waals surface area (Å²) in [5.74, 6) is 0.717. The van der Waals surface area contributed by atoms with Gasteiger partial charge >= 0.3 is 6.09 Å². The van der Waals surface area contributed by atoms with Gasteiger partial charge in [-0.3, -0.25) is 5.32 Å². The minimum absolute atomic E-state index is 0.188. The molecule has 2 rings (SSSR count). The molecule has 1 amide bonds. The Labute approximate surface area is 100 Å². The highest BCUT2D eigenvalue weighted by Crippen LogP contribution is 2.27. The molecule has 0 aromatic heterocycles. The van der Waals surface area contributed by atoms with Crippen molar-refractivity contribution in [1.82, 2.24) is 0 Å². The molecule has 0 aliphatic heterocycles. The monoisotopic (exact) mass is 232 g/mol. The van der Waals surface area contributed by atoms with Crippen LogP contribution in [0.5, 0.6) is 5.75 Å². The topological polar surface area (TPSA) is 47.6 Å². The fraction of sp³-hybridized carbons (Fsp3) is 0.308. The molecule has 0 saturated heterocycles. The molecule has 0 heterocycles. The van der Waals surface area contributed by atoms with Crippen LogP contribution in [0.1, 0.15) is 12.8 Å². The summed E-state index contributed by atoms with van der Waals surface area (Å²) in [4.78, 5) is 11.3. The number of anilines is 1. The number of hydrogen-bond acceptors (Lipinski definition) is 3. The molecule has 1 aliphatic carbocycles. The number of amides is 1. The first-order chi connectivity index (χ1) is 8.28. The normalized spacial score (nSPS) is 13.9. The molecule has 1 aromatic carbocycles. The molecule has 1 radical (unpaired) electrons. The molecule has 0 atom stereocenters. The van der Waals surface area contributed by atoms with Crippen LogP contribution in [0.2, 0.25) is 0 Å². The molecule has 1 N–H and O–H groups in total. The van der Waals surface area contributed by atoms with E-state index in [1.165, 1.54) is 6.08 Å². The third-order valence-electron chi connectivity index (χ3n) is 2.17. The van der Waals surface area contributed by atoms with Gasteiger partial charge in [-0.05, 0) is 31.0 Å². The van der Waals surface area contributed by atoms with Crippen LogP contribution in [0.25, 0.3) is 0 Å². The number of carbonyl (C=O) groups excluding carboxylic acids is 1. The summed E-state index contributed by atoms with van der Waals surface area (Å²) < 4.78 is 10.4. The van der Waals surface area contributed by atoms with E-state index >= 15 is 0 Å². The van der Waals surface area contributed by atoms with Crippen molar-refractivity contribution in [3.63, 3.8) is 0 Å². The fourth-order valence-electron chi connectivity index (χ4n) is 1.26. The Morgan fingerprint density at radius 1 is 1.59 bits per heavy atom. The van der Waals surface area contributed by atoms with Crippen molar-refractivity contribution in [2.45, 2.75) is 18.9 Å². The molecule has 0 spiro atoms. The lowest BCUT2D eigenvalue weighted by molar-refractivity contribution is 0.174. The molecule has 4 nitrogen and oxygen atoms in total. The minimum Gasteiger partial charge on any atom is -0.490 e. The van der Waals surface area contributed by atoms with Crippen LogP contribution in [0.4, 0.5) is 10.5 Å². The van der Waals surface area contributed by atoms with Crippen molar-refractivity contribution in [3.05, 3.63) is 36.9 Å². The van der Waals surface area contributed by atoms with Crippen molar-refractivity contribution in [2.75, 3.05) is 11.9 Å². The van der Waals surface area contributed by atoms with Gasteiger partial charge in [0, 0.05) is 11.8 Å². The molecule has 0 bridgehead atoms. The van der Waals surface area contributed by atoms with Crippen molar-refractivity contribution in [1.29, 1.82) is 0 Å². The minimum atomic E-state index is -0.512. The number of ether oxygens (including phenoxy) is 2. The fourth-order valence-corrected chi connectivity index (χ4v) is 1.26. The Kier molecular flexibility index (Phi) is 3.65. The molecule has 1 fully saturated rings. The molecule has 4 heteroatoms. The summed E-state index contributed by atoms with van der Waals surface area (Å²) in [7, 11) is 0. The van der Waals surface area contributed by atoms with Crippen LogP contribution >= 0.6 is 0 Å². The predicted octanol–water partition coefficient (Wildman–Crippen LogP) is 2.76. The maximum absolute atomic E-state index is 11.3. The van der Waals surface area contributed by atoms with Crippen LogP contribution in [0.3, 0.4) is 0 Å². The number of hydrogen-bond donors (Lipinski definition) is 1. The summed E-state index contributed by atoms with van der Waals surface area (Å²) in [6, 6.07) is 8.07. The average Bonchev–Trinajstić information content (AvgIpc) is 3.11. The Hall–Kier alpha value is -1.97. The second-order valence-corrected chi connectivity index (χ2v) is 3.79. The van der Waals surface area contributed by atoms with Crippen molar-refractivity contribution in [3.8, 4) is 5.75 Å². The molecule has 1 saturated carbocycles. The molecule has 17 heavy (non-hydrogen) atoms. The third kappa shape index (κ3) is 3.83. The summed E-state index contributed by atoms with van der Waals surface area (Å²) in [5.41, 5.74) is 0.609. The van der Waals surface area contributed by atoms with Crippen LogP contribution < -0.4 is 10.1 Å². The number of benzene rings is 1. The van der Waals surface area contributed by atoms with Crippen molar-refractivity contribution in [2.24, 2.45) is 0 Å². The van der Waals surface area contributed by atoms with E-state index < -0.39 is 6.09 Å². The molecule has 89 valence electrons. The summed E-state index contributed by atoms with van der Waals surface area (Å²) in [5, 5.41) is 2.59. The lowest BCUT2D eigenvalue weighted by atomic mass is 10.3. The van der Waals surface area contributed by atoms with Gasteiger partial charge in [0.15, 0.2) is 0 Å². The third-order valence-corrected chi connectivity index (χ3v) is 2.17. The van der Waals surface area contributed by atoms with Crippen molar-refractivity contribution < 1.29 is 14.3 Å². The maximum atomic E-state index is 11.3. The van der Waals surface area contributed by atoms with Gasteiger partial charge in [-0.25, -0.2) is 4.79 Å². The van der Waals surface area contributed by atoms with Crippen LogP contribution in [0, 0.1) is 6.07 Å². The first-order valence-electron chi connectivity index (χ1n) is 5.50. The van der Waals surface area contributed by atoms with Gasteiger partial charge in [0.25, 0.3) is 0 Å². The van der Waals surface area contributed by atoms with E-state index in [1.807, 2.05) is 0 Å². The van der Waals surface area contributed by atoms with Gasteiger partial charge in [-0.2, -0.15) is 0 Å². The van der Waals surface area contributed by atoms with Crippen LogP contribution in [-0.2, 0) is 4.74 Å². The van der Waals surface area contributed by atoms with E-state index in [0.29, 0.717) is 17.5 Å². The summed E-state index contributed by atoms with van der Waals surface area (Å²) >= 11 is 0. The number of nitrogens with one attached hydrogen (secondary N) is 1. The first kappa shape index (κ1) is 11.5. The van der Waals surface area contributed by atoms with Gasteiger partial charge in [-0.1, -0.05) is 12.7 Å². The zero-order chi connectivity index (χ0) is 12.1. The van der Waals surface area contributed by atoms with E-state index in [0.717, 1.165) is 12.8 Å². The average molecular weight is 232 g/mol. The van der Waals surface area contributed by atoms with Gasteiger partial charge in [0.1, 0.15) is 12.4 Å². The molecule has 1 aromatic rings. The Bertz CT molecular complexity index is 413. The largest absolute Gasteiger partial charge is 0.490 e. The maximum Gasteiger partial charge on any atom is 0.411 e. The van der Waals surface area contributed by atoms with E-state index in [-0.39, 0.29) is 6.61 Å². The zero-order valence-electron chi connectivity index (χ0n) is 9.44. The Morgan fingerprint density at radius 2 is 2.41 bits per heavy atom. The van der Waals surface area contributed by atoms with E-state index in [1.54, 1.807) is 18.2 Å². The zero-order valence-corrected chi connectivity index (χ0v) is 9.44. The smallest absolute Gasteiger partial charge is 0.411 e. The van der Waals surface area contributed by atoms with E-state index in [4.69, 9.17) is 9.47 Å². The molecule has 1 aliphatic rings. The highest BCUT2D eigenvalue weighted by Gasteiger charge is 2.23. The van der Waals surface area contributed by atoms with E-state index in [2.05, 4.69) is 18.0 Å². The van der Waals surface area contributed by atoms with Crippen LogP contribution in [-0.4, -0.2) is 18.8 Å². The highest BCUT2D eigenvalue weighted by molar-refractivity contribution is 5.84. The Balaban J connectivity index is 1.90. The lowest BCUT2D eigenvalue weighted by Crippen LogP contribution is -2.13. The summed E-state index contributed by atoms with van der Waals surface area (Å²) in [6.45, 7) is 3.65. The van der Waals surface area contributed by atoms with Gasteiger partial charge in [-0.15, -0.1) is 0 Å². The predicted molar refractivity (Wildman–Crippen MR) is 64.1 cm³/mol. The van der Waals surface area contributed by atoms with Gasteiger partial charge < -0.3 is 9.47 Å². The molecular formula is C13H14NO3.